The lowest BCUT2D eigenvalue weighted by molar-refractivity contribution is 0.0293. The van der Waals surface area contributed by atoms with E-state index >= 15 is 0 Å². The fourth-order valence-electron chi connectivity index (χ4n) is 4.88. The minimum Gasteiger partial charge on any atom is -0.390 e. The second-order valence-electron chi connectivity index (χ2n) is 9.04. The summed E-state index contributed by atoms with van der Waals surface area (Å²) in [6.45, 7) is 3.18. The first kappa shape index (κ1) is 22.8. The molecule has 3 aromatic rings. The van der Waals surface area contributed by atoms with Crippen LogP contribution in [0.15, 0.2) is 65.8 Å². The standard InChI is InChI=1S/C25H29N5O3S/c1-34(32,33)21-8-6-20(7-9-21)28-24-14-25(27-17-26-24)30-13-11-22(23(31)16-30)29-12-10-18-4-2-3-5-19(18)15-29/h2-9,14,17,22-23,31H,10-13,15-16H2,1H3,(H,26,27,28)/t22-,23-/m0/s1. The second kappa shape index (κ2) is 9.32. The normalized spacial score (nSPS) is 21.2. The van der Waals surface area contributed by atoms with E-state index in [1.807, 2.05) is 6.07 Å². The Labute approximate surface area is 200 Å². The Morgan fingerprint density at radius 3 is 2.53 bits per heavy atom. The third-order valence-corrected chi connectivity index (χ3v) is 7.84. The van der Waals surface area contributed by atoms with Crippen LogP contribution in [-0.2, 0) is 22.8 Å². The summed E-state index contributed by atoms with van der Waals surface area (Å²) in [5.41, 5.74) is 3.51. The SMILES string of the molecule is CS(=O)(=O)c1ccc(Nc2cc(N3CC[C@H](N4CCc5ccccc5C4)[C@@H](O)C3)ncn2)cc1. The molecule has 0 saturated carbocycles. The van der Waals surface area contributed by atoms with E-state index in [2.05, 4.69) is 49.4 Å². The van der Waals surface area contributed by atoms with Gasteiger partial charge in [-0.05, 0) is 48.2 Å². The van der Waals surface area contributed by atoms with Crippen LogP contribution in [0.25, 0.3) is 0 Å². The zero-order valence-corrected chi connectivity index (χ0v) is 19.9. The zero-order chi connectivity index (χ0) is 23.7. The number of β-amino-alcohol motifs (C(OH)–C–C–N with tert-alkyl or cyclic N) is 1. The van der Waals surface area contributed by atoms with Crippen molar-refractivity contribution >= 4 is 27.2 Å². The van der Waals surface area contributed by atoms with Gasteiger partial charge in [0.25, 0.3) is 0 Å². The van der Waals surface area contributed by atoms with Crippen LogP contribution in [0.1, 0.15) is 17.5 Å². The summed E-state index contributed by atoms with van der Waals surface area (Å²) in [4.78, 5) is 13.5. The second-order valence-corrected chi connectivity index (χ2v) is 11.1. The molecule has 9 heteroatoms. The van der Waals surface area contributed by atoms with Gasteiger partial charge in [0.1, 0.15) is 18.0 Å². The lowest BCUT2D eigenvalue weighted by atomic mass is 9.94. The van der Waals surface area contributed by atoms with Crippen LogP contribution in [0, 0.1) is 0 Å². The maximum Gasteiger partial charge on any atom is 0.175 e. The number of hydrogen-bond acceptors (Lipinski definition) is 8. The highest BCUT2D eigenvalue weighted by molar-refractivity contribution is 7.90. The van der Waals surface area contributed by atoms with Gasteiger partial charge in [0.05, 0.1) is 11.0 Å². The molecule has 2 N–H and O–H groups in total. The van der Waals surface area contributed by atoms with E-state index < -0.39 is 15.9 Å². The molecule has 8 nitrogen and oxygen atoms in total. The maximum absolute atomic E-state index is 11.7. The number of hydrogen-bond donors (Lipinski definition) is 2. The molecule has 1 saturated heterocycles. The summed E-state index contributed by atoms with van der Waals surface area (Å²) in [6, 6.07) is 17.1. The Balaban J connectivity index is 1.23. The highest BCUT2D eigenvalue weighted by Gasteiger charge is 2.34. The van der Waals surface area contributed by atoms with Gasteiger partial charge in [-0.2, -0.15) is 0 Å². The van der Waals surface area contributed by atoms with Crippen molar-refractivity contribution in [3.05, 3.63) is 72.1 Å². The number of anilines is 3. The van der Waals surface area contributed by atoms with Crippen LogP contribution in [0.2, 0.25) is 0 Å². The molecule has 0 amide bonds. The molecule has 2 aliphatic heterocycles. The van der Waals surface area contributed by atoms with Gasteiger partial charge >= 0.3 is 0 Å². The largest absolute Gasteiger partial charge is 0.390 e. The smallest absolute Gasteiger partial charge is 0.175 e. The molecule has 2 atom stereocenters. The first-order valence-corrected chi connectivity index (χ1v) is 13.4. The van der Waals surface area contributed by atoms with Gasteiger partial charge in [0.2, 0.25) is 0 Å². The monoisotopic (exact) mass is 479 g/mol. The molecule has 34 heavy (non-hydrogen) atoms. The predicted molar refractivity (Wildman–Crippen MR) is 132 cm³/mol. The Morgan fingerprint density at radius 1 is 1.03 bits per heavy atom. The molecular formula is C25H29N5O3S. The fraction of sp³-hybridized carbons (Fsp3) is 0.360. The van der Waals surface area contributed by atoms with E-state index in [0.717, 1.165) is 44.0 Å². The average Bonchev–Trinajstić information content (AvgIpc) is 2.84. The summed E-state index contributed by atoms with van der Waals surface area (Å²) in [6.07, 6.45) is 4.11. The molecule has 1 fully saturated rings. The summed E-state index contributed by atoms with van der Waals surface area (Å²) >= 11 is 0. The highest BCUT2D eigenvalue weighted by Crippen LogP contribution is 2.28. The number of rotatable bonds is 5. The molecular weight excluding hydrogens is 450 g/mol. The van der Waals surface area contributed by atoms with Gasteiger partial charge in [-0.25, -0.2) is 18.4 Å². The number of aliphatic hydroxyl groups is 1. The molecule has 0 spiro atoms. The topological polar surface area (TPSA) is 98.7 Å². The molecule has 3 heterocycles. The van der Waals surface area contributed by atoms with Crippen LogP contribution in [0.4, 0.5) is 17.3 Å². The molecule has 0 unspecified atom stereocenters. The highest BCUT2D eigenvalue weighted by atomic mass is 32.2. The van der Waals surface area contributed by atoms with Gasteiger partial charge in [-0.1, -0.05) is 24.3 Å². The number of nitrogens with zero attached hydrogens (tertiary/aromatic N) is 4. The number of piperidine rings is 1. The first-order valence-electron chi connectivity index (χ1n) is 11.5. The Kier molecular flexibility index (Phi) is 6.24. The van der Waals surface area contributed by atoms with Gasteiger partial charge in [0, 0.05) is 50.2 Å². The summed E-state index contributed by atoms with van der Waals surface area (Å²) < 4.78 is 23.3. The van der Waals surface area contributed by atoms with Crippen molar-refractivity contribution in [1.82, 2.24) is 14.9 Å². The van der Waals surface area contributed by atoms with Crippen molar-refractivity contribution in [2.75, 3.05) is 36.1 Å². The zero-order valence-electron chi connectivity index (χ0n) is 19.1. The fourth-order valence-corrected chi connectivity index (χ4v) is 5.51. The van der Waals surface area contributed by atoms with Crippen LogP contribution in [0.5, 0.6) is 0 Å². The number of benzene rings is 2. The van der Waals surface area contributed by atoms with Crippen molar-refractivity contribution < 1.29 is 13.5 Å². The van der Waals surface area contributed by atoms with Crippen LogP contribution >= 0.6 is 0 Å². The average molecular weight is 480 g/mol. The predicted octanol–water partition coefficient (Wildman–Crippen LogP) is 2.62. The van der Waals surface area contributed by atoms with Gasteiger partial charge < -0.3 is 15.3 Å². The minimum atomic E-state index is -3.23. The van der Waals surface area contributed by atoms with E-state index in [0.29, 0.717) is 12.4 Å². The van der Waals surface area contributed by atoms with E-state index in [-0.39, 0.29) is 10.9 Å². The Hall–Kier alpha value is -3.01. The molecule has 0 bridgehead atoms. The third kappa shape index (κ3) is 4.91. The molecule has 0 aliphatic carbocycles. The molecule has 0 radical (unpaired) electrons. The quantitative estimate of drug-likeness (QED) is 0.576. The molecule has 2 aromatic carbocycles. The van der Waals surface area contributed by atoms with Crippen LogP contribution in [0.3, 0.4) is 0 Å². The van der Waals surface area contributed by atoms with Gasteiger partial charge in [0.15, 0.2) is 9.84 Å². The number of sulfone groups is 1. The van der Waals surface area contributed by atoms with Crippen molar-refractivity contribution in [1.29, 1.82) is 0 Å². The van der Waals surface area contributed by atoms with E-state index in [1.54, 1.807) is 24.3 Å². The third-order valence-electron chi connectivity index (χ3n) is 6.71. The van der Waals surface area contributed by atoms with E-state index in [9.17, 15) is 13.5 Å². The molecule has 5 rings (SSSR count). The lowest BCUT2D eigenvalue weighted by Crippen LogP contribution is -2.55. The number of nitrogens with one attached hydrogen (secondary N) is 1. The number of aliphatic hydroxyl groups excluding tert-OH is 1. The first-order chi connectivity index (χ1) is 16.4. The molecule has 2 aliphatic rings. The lowest BCUT2D eigenvalue weighted by Gasteiger charge is -2.43. The minimum absolute atomic E-state index is 0.136. The summed E-state index contributed by atoms with van der Waals surface area (Å²) in [7, 11) is -3.23. The number of aromatic nitrogens is 2. The van der Waals surface area contributed by atoms with E-state index in [1.165, 1.54) is 23.7 Å². The Morgan fingerprint density at radius 2 is 1.79 bits per heavy atom. The maximum atomic E-state index is 11.7. The van der Waals surface area contributed by atoms with E-state index in [4.69, 9.17) is 0 Å². The van der Waals surface area contributed by atoms with Gasteiger partial charge in [-0.15, -0.1) is 0 Å². The Bertz CT molecular complexity index is 1270. The summed E-state index contributed by atoms with van der Waals surface area (Å²) in [5, 5.41) is 14.2. The van der Waals surface area contributed by atoms with Crippen molar-refractivity contribution in [2.45, 2.75) is 36.4 Å². The van der Waals surface area contributed by atoms with Gasteiger partial charge in [-0.3, -0.25) is 4.90 Å². The van der Waals surface area contributed by atoms with Crippen LogP contribution in [-0.4, -0.2) is 66.4 Å². The number of fused-ring (bicyclic) bond motifs is 1. The van der Waals surface area contributed by atoms with Crippen molar-refractivity contribution in [3.8, 4) is 0 Å². The van der Waals surface area contributed by atoms with Crippen LogP contribution < -0.4 is 10.2 Å². The summed E-state index contributed by atoms with van der Waals surface area (Å²) in [5.74, 6) is 1.37. The molecule has 178 valence electrons. The molecule has 1 aromatic heterocycles. The van der Waals surface area contributed by atoms with Crippen molar-refractivity contribution in [2.24, 2.45) is 0 Å². The van der Waals surface area contributed by atoms with Crippen molar-refractivity contribution in [3.63, 3.8) is 0 Å².